The molecular formula is C28H23N5O3. The van der Waals surface area contributed by atoms with E-state index in [-0.39, 0.29) is 5.97 Å². The molecule has 0 unspecified atom stereocenters. The van der Waals surface area contributed by atoms with Gasteiger partial charge >= 0.3 is 5.97 Å². The molecule has 4 heterocycles. The minimum atomic E-state index is -0.275. The number of nitrogens with zero attached hydrogens (tertiary/aromatic N) is 4. The summed E-state index contributed by atoms with van der Waals surface area (Å²) in [5.41, 5.74) is 6.13. The fourth-order valence-corrected chi connectivity index (χ4v) is 4.29. The summed E-state index contributed by atoms with van der Waals surface area (Å²) in [6.07, 6.45) is 7.79. The number of aryl methyl sites for hydroxylation is 2. The smallest absolute Gasteiger partial charge is 0.339 e. The highest BCUT2D eigenvalue weighted by molar-refractivity contribution is 5.93. The Bertz CT molecular complexity index is 1610. The van der Waals surface area contributed by atoms with Crippen LogP contribution in [0, 0.1) is 13.8 Å². The first-order valence-electron chi connectivity index (χ1n) is 11.6. The van der Waals surface area contributed by atoms with Crippen molar-refractivity contribution in [2.45, 2.75) is 20.3 Å². The zero-order chi connectivity index (χ0) is 24.6. The van der Waals surface area contributed by atoms with E-state index in [4.69, 9.17) is 9.47 Å². The number of carbonyl (C=O) groups excluding carboxylic acids is 1. The van der Waals surface area contributed by atoms with Crippen LogP contribution in [0.3, 0.4) is 0 Å². The quantitative estimate of drug-likeness (QED) is 0.326. The minimum absolute atomic E-state index is 0.275. The van der Waals surface area contributed by atoms with Crippen molar-refractivity contribution in [3.05, 3.63) is 95.8 Å². The number of aromatic nitrogens is 4. The first-order chi connectivity index (χ1) is 17.5. The molecule has 0 fully saturated rings. The van der Waals surface area contributed by atoms with E-state index < -0.39 is 0 Å². The number of rotatable bonds is 5. The van der Waals surface area contributed by atoms with Gasteiger partial charge in [0.25, 0.3) is 0 Å². The van der Waals surface area contributed by atoms with Crippen LogP contribution in [0.4, 0.5) is 11.5 Å². The van der Waals surface area contributed by atoms with Gasteiger partial charge in [0.05, 0.1) is 23.9 Å². The molecule has 1 N–H and O–H groups in total. The second-order valence-electron chi connectivity index (χ2n) is 8.76. The number of nitrogens with one attached hydrogen (secondary N) is 1. The van der Waals surface area contributed by atoms with E-state index in [2.05, 4.69) is 20.3 Å². The second-order valence-corrected chi connectivity index (χ2v) is 8.76. The molecule has 36 heavy (non-hydrogen) atoms. The van der Waals surface area contributed by atoms with Crippen molar-refractivity contribution >= 4 is 28.4 Å². The van der Waals surface area contributed by atoms with Crippen molar-refractivity contribution in [1.82, 2.24) is 19.5 Å². The van der Waals surface area contributed by atoms with Crippen LogP contribution in [0.2, 0.25) is 0 Å². The van der Waals surface area contributed by atoms with Gasteiger partial charge in [0.1, 0.15) is 23.6 Å². The highest BCUT2D eigenvalue weighted by atomic mass is 16.5. The third kappa shape index (κ3) is 4.13. The van der Waals surface area contributed by atoms with Crippen molar-refractivity contribution in [3.63, 3.8) is 0 Å². The second kappa shape index (κ2) is 8.81. The van der Waals surface area contributed by atoms with Gasteiger partial charge in [-0.15, -0.1) is 0 Å². The van der Waals surface area contributed by atoms with E-state index >= 15 is 0 Å². The number of carbonyl (C=O) groups is 1. The molecule has 2 aromatic carbocycles. The summed E-state index contributed by atoms with van der Waals surface area (Å²) >= 11 is 0. The Balaban J connectivity index is 1.29. The van der Waals surface area contributed by atoms with E-state index in [0.29, 0.717) is 23.7 Å². The maximum Gasteiger partial charge on any atom is 0.339 e. The summed E-state index contributed by atoms with van der Waals surface area (Å²) in [5.74, 6) is 1.87. The zero-order valence-corrected chi connectivity index (χ0v) is 19.9. The SMILES string of the molecule is Cc1ccc(Oc2ccc(Nc3ncnc4ccc(-n5cc6c(c5)C(=O)OCC6)cc34)cc2C)cn1. The van der Waals surface area contributed by atoms with Crippen molar-refractivity contribution in [1.29, 1.82) is 0 Å². The predicted octanol–water partition coefficient (Wildman–Crippen LogP) is 5.68. The van der Waals surface area contributed by atoms with E-state index in [1.54, 1.807) is 12.5 Å². The predicted molar refractivity (Wildman–Crippen MR) is 136 cm³/mol. The standard InChI is InChI=1S/C28H23N5O3/c1-17-11-20(4-8-26(17)36-22-6-3-18(2)29-13-22)32-27-23-12-21(5-7-25(23)30-16-31-27)33-14-19-9-10-35-28(34)24(19)15-33/h3-8,11-16H,9-10H2,1-2H3,(H,30,31,32). The normalized spacial score (nSPS) is 12.8. The van der Waals surface area contributed by atoms with Crippen LogP contribution in [0.25, 0.3) is 16.6 Å². The Labute approximate surface area is 207 Å². The summed E-state index contributed by atoms with van der Waals surface area (Å²) in [4.78, 5) is 25.3. The molecule has 0 amide bonds. The molecule has 1 aliphatic rings. The molecule has 0 bridgehead atoms. The Morgan fingerprint density at radius 2 is 1.92 bits per heavy atom. The maximum absolute atomic E-state index is 12.1. The largest absolute Gasteiger partial charge is 0.462 e. The van der Waals surface area contributed by atoms with E-state index in [1.165, 1.54) is 0 Å². The number of hydrogen-bond acceptors (Lipinski definition) is 7. The summed E-state index contributed by atoms with van der Waals surface area (Å²) in [6, 6.07) is 15.7. The van der Waals surface area contributed by atoms with Crippen LogP contribution in [0.5, 0.6) is 11.5 Å². The third-order valence-electron chi connectivity index (χ3n) is 6.20. The van der Waals surface area contributed by atoms with Gasteiger partial charge < -0.3 is 19.4 Å². The molecule has 0 radical (unpaired) electrons. The van der Waals surface area contributed by atoms with E-state index in [0.717, 1.165) is 51.3 Å². The number of hydrogen-bond donors (Lipinski definition) is 1. The number of cyclic esters (lactones) is 1. The van der Waals surface area contributed by atoms with Gasteiger partial charge in [-0.1, -0.05) is 0 Å². The van der Waals surface area contributed by atoms with Gasteiger partial charge in [-0.25, -0.2) is 14.8 Å². The molecular weight excluding hydrogens is 454 g/mol. The molecule has 8 heteroatoms. The number of pyridine rings is 1. The number of esters is 1. The van der Waals surface area contributed by atoms with Crippen LogP contribution in [-0.4, -0.2) is 32.1 Å². The fraction of sp³-hybridized carbons (Fsp3) is 0.143. The van der Waals surface area contributed by atoms with Gasteiger partial charge in [-0.05, 0) is 73.5 Å². The minimum Gasteiger partial charge on any atom is -0.462 e. The highest BCUT2D eigenvalue weighted by Crippen LogP contribution is 2.31. The lowest BCUT2D eigenvalue weighted by molar-refractivity contribution is 0.0481. The van der Waals surface area contributed by atoms with Crippen LogP contribution in [0.1, 0.15) is 27.2 Å². The summed E-state index contributed by atoms with van der Waals surface area (Å²) in [5, 5.41) is 4.29. The molecule has 0 spiro atoms. The Hall–Kier alpha value is -4.72. The summed E-state index contributed by atoms with van der Waals surface area (Å²) < 4.78 is 13.1. The van der Waals surface area contributed by atoms with Crippen molar-refractivity contribution < 1.29 is 14.3 Å². The molecule has 0 saturated carbocycles. The topological polar surface area (TPSA) is 91.2 Å². The molecule has 0 atom stereocenters. The first-order valence-corrected chi connectivity index (χ1v) is 11.6. The molecule has 178 valence electrons. The lowest BCUT2D eigenvalue weighted by atomic mass is 10.1. The highest BCUT2D eigenvalue weighted by Gasteiger charge is 2.21. The molecule has 0 saturated heterocycles. The Morgan fingerprint density at radius 3 is 2.72 bits per heavy atom. The molecule has 1 aliphatic heterocycles. The zero-order valence-electron chi connectivity index (χ0n) is 19.9. The van der Waals surface area contributed by atoms with Crippen LogP contribution >= 0.6 is 0 Å². The van der Waals surface area contributed by atoms with Crippen LogP contribution in [-0.2, 0) is 11.2 Å². The van der Waals surface area contributed by atoms with Gasteiger partial charge in [0.15, 0.2) is 0 Å². The fourth-order valence-electron chi connectivity index (χ4n) is 4.29. The van der Waals surface area contributed by atoms with E-state index in [9.17, 15) is 4.79 Å². The third-order valence-corrected chi connectivity index (χ3v) is 6.20. The van der Waals surface area contributed by atoms with Crippen molar-refractivity contribution in [2.75, 3.05) is 11.9 Å². The van der Waals surface area contributed by atoms with Crippen molar-refractivity contribution in [2.24, 2.45) is 0 Å². The number of benzene rings is 2. The molecule has 0 aliphatic carbocycles. The number of ether oxygens (including phenoxy) is 2. The lowest BCUT2D eigenvalue weighted by Gasteiger charge is -2.13. The Morgan fingerprint density at radius 1 is 1.00 bits per heavy atom. The average Bonchev–Trinajstić information content (AvgIpc) is 3.33. The van der Waals surface area contributed by atoms with Crippen LogP contribution < -0.4 is 10.1 Å². The Kier molecular flexibility index (Phi) is 5.33. The van der Waals surface area contributed by atoms with E-state index in [1.807, 2.05) is 79.3 Å². The van der Waals surface area contributed by atoms with Gasteiger partial charge in [-0.3, -0.25) is 4.98 Å². The van der Waals surface area contributed by atoms with Gasteiger partial charge in [0, 0.05) is 41.3 Å². The maximum atomic E-state index is 12.1. The summed E-state index contributed by atoms with van der Waals surface area (Å²) in [7, 11) is 0. The molecule has 6 rings (SSSR count). The lowest BCUT2D eigenvalue weighted by Crippen LogP contribution is -2.15. The van der Waals surface area contributed by atoms with Gasteiger partial charge in [-0.2, -0.15) is 0 Å². The molecule has 5 aromatic rings. The monoisotopic (exact) mass is 477 g/mol. The summed E-state index contributed by atoms with van der Waals surface area (Å²) in [6.45, 7) is 4.36. The number of anilines is 2. The molecule has 8 nitrogen and oxygen atoms in total. The van der Waals surface area contributed by atoms with Crippen LogP contribution in [0.15, 0.2) is 73.4 Å². The number of fused-ring (bicyclic) bond motifs is 2. The average molecular weight is 478 g/mol. The molecule has 3 aromatic heterocycles. The van der Waals surface area contributed by atoms with Crippen molar-refractivity contribution in [3.8, 4) is 17.2 Å². The van der Waals surface area contributed by atoms with Gasteiger partial charge in [0.2, 0.25) is 0 Å². The first kappa shape index (κ1) is 21.8.